The molecular weight excluding hydrogens is 472 g/mol. The lowest BCUT2D eigenvalue weighted by Gasteiger charge is -2.28. The van der Waals surface area contributed by atoms with Crippen molar-refractivity contribution < 1.29 is 0 Å². The summed E-state index contributed by atoms with van der Waals surface area (Å²) in [5.41, 5.74) is 11.7. The Balaban J connectivity index is 1.47. The number of hydrogen-bond donors (Lipinski definition) is 0. The summed E-state index contributed by atoms with van der Waals surface area (Å²) in [5.74, 6) is 0.770. The van der Waals surface area contributed by atoms with E-state index in [-0.39, 0.29) is 0 Å². The van der Waals surface area contributed by atoms with Crippen molar-refractivity contribution in [3.8, 4) is 11.1 Å². The zero-order valence-corrected chi connectivity index (χ0v) is 23.8. The molecule has 2 aliphatic rings. The highest BCUT2D eigenvalue weighted by Crippen LogP contribution is 2.53. The van der Waals surface area contributed by atoms with Gasteiger partial charge in [0.2, 0.25) is 0 Å². The third-order valence-corrected chi connectivity index (χ3v) is 11.8. The summed E-state index contributed by atoms with van der Waals surface area (Å²) in [5, 5.41) is 4.61. The molecule has 1 heteroatoms. The van der Waals surface area contributed by atoms with Gasteiger partial charge in [-0.3, -0.25) is 0 Å². The number of rotatable bonds is 6. The summed E-state index contributed by atoms with van der Waals surface area (Å²) < 4.78 is 0. The summed E-state index contributed by atoms with van der Waals surface area (Å²) in [6.45, 7) is 9.58. The van der Waals surface area contributed by atoms with E-state index in [1.54, 1.807) is 16.3 Å². The number of fused-ring (bicyclic) bond motifs is 1. The van der Waals surface area contributed by atoms with Crippen LogP contribution in [0.15, 0.2) is 137 Å². The standard InChI is InChI=1S/C37H35Si/c1-5-28-24-34-32(29-16-9-6-10-17-29)22-15-23-33(34)36(28)35-25(2)26(3)37(27(35)4)38(30-18-11-7-12-19-30)31-20-13-8-14-21-31/h6-24,27,36H,5H2,1-4H3. The van der Waals surface area contributed by atoms with Crippen molar-refractivity contribution in [2.75, 3.05) is 0 Å². The van der Waals surface area contributed by atoms with Crippen LogP contribution in [0.4, 0.5) is 0 Å². The van der Waals surface area contributed by atoms with Crippen LogP contribution in [0.1, 0.15) is 51.2 Å². The second-order valence-corrected chi connectivity index (χ2v) is 13.1. The Hall–Kier alpha value is -3.68. The molecule has 2 aliphatic carbocycles. The minimum atomic E-state index is -1.10. The van der Waals surface area contributed by atoms with Crippen molar-refractivity contribution >= 4 is 25.2 Å². The zero-order chi connectivity index (χ0) is 26.2. The second-order valence-electron chi connectivity index (χ2n) is 10.6. The number of benzene rings is 4. The molecule has 4 aromatic carbocycles. The molecule has 187 valence electrons. The summed E-state index contributed by atoms with van der Waals surface area (Å²) in [4.78, 5) is 0. The summed E-state index contributed by atoms with van der Waals surface area (Å²) in [6.07, 6.45) is 3.57. The molecular formula is C37H35Si. The lowest BCUT2D eigenvalue weighted by Crippen LogP contribution is -2.45. The molecule has 0 fully saturated rings. The molecule has 0 aliphatic heterocycles. The van der Waals surface area contributed by atoms with Crippen molar-refractivity contribution in [1.82, 2.24) is 0 Å². The van der Waals surface area contributed by atoms with Gasteiger partial charge in [0.15, 0.2) is 8.80 Å². The number of hydrogen-bond acceptors (Lipinski definition) is 0. The molecule has 0 N–H and O–H groups in total. The predicted molar refractivity (Wildman–Crippen MR) is 165 cm³/mol. The molecule has 2 atom stereocenters. The lowest BCUT2D eigenvalue weighted by atomic mass is 9.80. The normalized spacial score (nSPS) is 18.8. The van der Waals surface area contributed by atoms with Crippen LogP contribution in [0.5, 0.6) is 0 Å². The van der Waals surface area contributed by atoms with E-state index in [0.29, 0.717) is 11.8 Å². The molecule has 6 rings (SSSR count). The SMILES string of the molecule is CCC1=Cc2c(-c3ccccc3)cccc2C1C1=C(C)C(C)=C([Si](c2ccccc2)c2ccccc2)C1C. The van der Waals surface area contributed by atoms with Crippen LogP contribution in [-0.4, -0.2) is 8.80 Å². The molecule has 1 radical (unpaired) electrons. The van der Waals surface area contributed by atoms with E-state index in [4.69, 9.17) is 0 Å². The second kappa shape index (κ2) is 10.2. The third kappa shape index (κ3) is 4.06. The monoisotopic (exact) mass is 507 g/mol. The van der Waals surface area contributed by atoms with E-state index in [0.717, 1.165) is 6.42 Å². The first kappa shape index (κ1) is 24.6. The first-order chi connectivity index (χ1) is 18.6. The van der Waals surface area contributed by atoms with Crippen LogP contribution < -0.4 is 10.4 Å². The molecule has 2 unspecified atom stereocenters. The van der Waals surface area contributed by atoms with Gasteiger partial charge in [-0.05, 0) is 59.6 Å². The first-order valence-corrected chi connectivity index (χ1v) is 15.4. The van der Waals surface area contributed by atoms with Crippen molar-refractivity contribution in [2.24, 2.45) is 5.92 Å². The molecule has 0 saturated carbocycles. The topological polar surface area (TPSA) is 0 Å². The summed E-state index contributed by atoms with van der Waals surface area (Å²) in [7, 11) is -1.10. The summed E-state index contributed by atoms with van der Waals surface area (Å²) in [6, 6.07) is 40.3. The molecule has 0 amide bonds. The van der Waals surface area contributed by atoms with E-state index in [1.807, 2.05) is 0 Å². The van der Waals surface area contributed by atoms with Gasteiger partial charge in [0.05, 0.1) is 0 Å². The maximum absolute atomic E-state index is 2.50. The fraction of sp³-hybridized carbons (Fsp3) is 0.189. The van der Waals surface area contributed by atoms with Crippen molar-refractivity contribution in [3.63, 3.8) is 0 Å². The Morgan fingerprint density at radius 2 is 1.24 bits per heavy atom. The predicted octanol–water partition coefficient (Wildman–Crippen LogP) is 8.38. The van der Waals surface area contributed by atoms with E-state index >= 15 is 0 Å². The highest BCUT2D eigenvalue weighted by Gasteiger charge is 2.40. The van der Waals surface area contributed by atoms with Gasteiger partial charge in [-0.15, -0.1) is 0 Å². The van der Waals surface area contributed by atoms with Crippen LogP contribution in [0.2, 0.25) is 0 Å². The largest absolute Gasteiger partial charge is 0.151 e. The van der Waals surface area contributed by atoms with E-state index in [2.05, 4.69) is 143 Å². The van der Waals surface area contributed by atoms with Crippen molar-refractivity contribution in [2.45, 2.75) is 40.0 Å². The number of allylic oxidation sites excluding steroid dienone is 5. The van der Waals surface area contributed by atoms with Gasteiger partial charge < -0.3 is 0 Å². The van der Waals surface area contributed by atoms with Gasteiger partial charge in [-0.25, -0.2) is 0 Å². The van der Waals surface area contributed by atoms with Gasteiger partial charge in [-0.1, -0.05) is 156 Å². The van der Waals surface area contributed by atoms with Crippen LogP contribution in [0, 0.1) is 5.92 Å². The van der Waals surface area contributed by atoms with Crippen LogP contribution in [0.3, 0.4) is 0 Å². The zero-order valence-electron chi connectivity index (χ0n) is 22.8. The molecule has 0 nitrogen and oxygen atoms in total. The smallest absolute Gasteiger partial charge is 0.0627 e. The van der Waals surface area contributed by atoms with Gasteiger partial charge in [0.1, 0.15) is 0 Å². The van der Waals surface area contributed by atoms with Gasteiger partial charge in [0.25, 0.3) is 0 Å². The van der Waals surface area contributed by atoms with Gasteiger partial charge >= 0.3 is 0 Å². The molecule has 0 saturated heterocycles. The Bertz CT molecular complexity index is 1520. The minimum Gasteiger partial charge on any atom is -0.0627 e. The molecule has 0 spiro atoms. The average Bonchev–Trinajstić information content (AvgIpc) is 3.44. The average molecular weight is 508 g/mol. The van der Waals surface area contributed by atoms with Crippen LogP contribution >= 0.6 is 0 Å². The maximum atomic E-state index is 2.50. The fourth-order valence-corrected chi connectivity index (χ4v) is 9.95. The van der Waals surface area contributed by atoms with Gasteiger partial charge in [0, 0.05) is 5.92 Å². The minimum absolute atomic E-state index is 0.357. The molecule has 0 bridgehead atoms. The molecule has 0 heterocycles. The first-order valence-electron chi connectivity index (χ1n) is 13.9. The quantitative estimate of drug-likeness (QED) is 0.230. The van der Waals surface area contributed by atoms with E-state index < -0.39 is 8.80 Å². The Kier molecular flexibility index (Phi) is 6.63. The Labute approximate surface area is 229 Å². The van der Waals surface area contributed by atoms with E-state index in [9.17, 15) is 0 Å². The third-order valence-electron chi connectivity index (χ3n) is 8.65. The van der Waals surface area contributed by atoms with Crippen molar-refractivity contribution in [3.05, 3.63) is 148 Å². The molecule has 4 aromatic rings. The summed E-state index contributed by atoms with van der Waals surface area (Å²) >= 11 is 0. The fourth-order valence-electron chi connectivity index (χ4n) is 6.79. The molecule has 0 aromatic heterocycles. The van der Waals surface area contributed by atoms with Crippen LogP contribution in [-0.2, 0) is 0 Å². The molecule has 38 heavy (non-hydrogen) atoms. The lowest BCUT2D eigenvalue weighted by molar-refractivity contribution is 0.743. The van der Waals surface area contributed by atoms with Crippen LogP contribution in [0.25, 0.3) is 17.2 Å². The Morgan fingerprint density at radius 3 is 1.82 bits per heavy atom. The highest BCUT2D eigenvalue weighted by molar-refractivity contribution is 6.91. The maximum Gasteiger partial charge on any atom is 0.151 e. The van der Waals surface area contributed by atoms with Crippen molar-refractivity contribution in [1.29, 1.82) is 0 Å². The highest BCUT2D eigenvalue weighted by atomic mass is 28.3. The Morgan fingerprint density at radius 1 is 0.658 bits per heavy atom. The van der Waals surface area contributed by atoms with Gasteiger partial charge in [-0.2, -0.15) is 0 Å². The van der Waals surface area contributed by atoms with E-state index in [1.165, 1.54) is 43.8 Å².